The number of aliphatic hydroxyl groups excluding tert-OH is 4. The molecular weight excluding hydrogens is 536 g/mol. The molecule has 2 aromatic rings. The van der Waals surface area contributed by atoms with Crippen molar-refractivity contribution in [2.24, 2.45) is 0 Å². The molecule has 1 fully saturated rings. The van der Waals surface area contributed by atoms with E-state index in [2.05, 4.69) is 0 Å². The van der Waals surface area contributed by atoms with Crippen LogP contribution in [0.2, 0.25) is 0 Å². The maximum Gasteiger partial charge on any atom is 0.303 e. The number of hydrogen-bond donors (Lipinski definition) is 4. The first-order valence-corrected chi connectivity index (χ1v) is 13.2. The SMILES string of the molecule is CC(=O)OC[C@H]1O[C@H](c2ccc(CC(=O)c3cccc([C@H]4O[C@H](CO)[C@@H](O)[C@H](O)[C@@H]4O)c3)cc2)C=C[C@@H]1OC(C)=O. The molecule has 4 rings (SSSR count). The number of Topliss-reactive ketones (excluding diaryl/α,β-unsaturated/α-hetero) is 1. The molecule has 2 heterocycles. The summed E-state index contributed by atoms with van der Waals surface area (Å²) in [6, 6.07) is 13.7. The monoisotopic (exact) mass is 570 g/mol. The summed E-state index contributed by atoms with van der Waals surface area (Å²) in [6.07, 6.45) is -4.85. The van der Waals surface area contributed by atoms with Gasteiger partial charge in [-0.05, 0) is 28.8 Å². The van der Waals surface area contributed by atoms with Crippen molar-refractivity contribution >= 4 is 17.7 Å². The molecule has 0 saturated carbocycles. The second-order valence-corrected chi connectivity index (χ2v) is 10.1. The van der Waals surface area contributed by atoms with E-state index in [-0.39, 0.29) is 18.8 Å². The zero-order valence-electron chi connectivity index (χ0n) is 22.7. The Morgan fingerprint density at radius 2 is 1.56 bits per heavy atom. The highest BCUT2D eigenvalue weighted by molar-refractivity contribution is 5.97. The summed E-state index contributed by atoms with van der Waals surface area (Å²) in [5, 5.41) is 40.1. The lowest BCUT2D eigenvalue weighted by Crippen LogP contribution is -2.55. The van der Waals surface area contributed by atoms with Crippen molar-refractivity contribution in [2.45, 2.75) is 69.1 Å². The van der Waals surface area contributed by atoms with Crippen LogP contribution >= 0.6 is 0 Å². The van der Waals surface area contributed by atoms with Gasteiger partial charge in [0, 0.05) is 25.8 Å². The first-order valence-electron chi connectivity index (χ1n) is 13.2. The van der Waals surface area contributed by atoms with Gasteiger partial charge in [-0.2, -0.15) is 0 Å². The van der Waals surface area contributed by atoms with E-state index >= 15 is 0 Å². The van der Waals surface area contributed by atoms with Crippen LogP contribution < -0.4 is 0 Å². The van der Waals surface area contributed by atoms with Gasteiger partial charge in [0.2, 0.25) is 0 Å². The van der Waals surface area contributed by atoms with Crippen molar-refractivity contribution in [1.29, 1.82) is 0 Å². The number of ether oxygens (including phenoxy) is 4. The summed E-state index contributed by atoms with van der Waals surface area (Å²) in [7, 11) is 0. The summed E-state index contributed by atoms with van der Waals surface area (Å²) >= 11 is 0. The second-order valence-electron chi connectivity index (χ2n) is 10.1. The second kappa shape index (κ2) is 13.5. The molecule has 0 aromatic heterocycles. The maximum absolute atomic E-state index is 13.1. The number of hydrogen-bond acceptors (Lipinski definition) is 11. The fourth-order valence-corrected chi connectivity index (χ4v) is 4.85. The van der Waals surface area contributed by atoms with Gasteiger partial charge in [0.1, 0.15) is 55.4 Å². The average Bonchev–Trinajstić information content (AvgIpc) is 2.95. The molecule has 2 aliphatic rings. The minimum Gasteiger partial charge on any atom is -0.463 e. The normalized spacial score (nSPS) is 29.5. The highest BCUT2D eigenvalue weighted by Crippen LogP contribution is 2.33. The third-order valence-corrected chi connectivity index (χ3v) is 7.02. The first kappa shape index (κ1) is 30.5. The van der Waals surface area contributed by atoms with Crippen molar-refractivity contribution in [3.05, 3.63) is 82.9 Å². The third kappa shape index (κ3) is 7.45. The molecule has 0 amide bonds. The number of benzene rings is 2. The number of rotatable bonds is 9. The minimum atomic E-state index is -1.52. The highest BCUT2D eigenvalue weighted by Gasteiger charge is 2.44. The number of carbonyl (C=O) groups is 3. The Hall–Kier alpha value is -3.45. The molecule has 0 aliphatic carbocycles. The predicted octanol–water partition coefficient (Wildman–Crippen LogP) is 1.12. The van der Waals surface area contributed by atoms with Crippen molar-refractivity contribution in [1.82, 2.24) is 0 Å². The van der Waals surface area contributed by atoms with Crippen molar-refractivity contribution in [2.75, 3.05) is 13.2 Å². The topological polar surface area (TPSA) is 169 Å². The molecule has 2 aliphatic heterocycles. The van der Waals surface area contributed by atoms with Crippen LogP contribution in [0.15, 0.2) is 60.7 Å². The summed E-state index contributed by atoms with van der Waals surface area (Å²) in [5.41, 5.74) is 2.33. The fourth-order valence-electron chi connectivity index (χ4n) is 4.85. The van der Waals surface area contributed by atoms with E-state index in [0.717, 1.165) is 11.1 Å². The van der Waals surface area contributed by atoms with Crippen LogP contribution in [-0.2, 0) is 35.0 Å². The zero-order chi connectivity index (χ0) is 29.7. The molecule has 1 saturated heterocycles. The van der Waals surface area contributed by atoms with Crippen LogP contribution in [0.5, 0.6) is 0 Å². The molecule has 41 heavy (non-hydrogen) atoms. The Morgan fingerprint density at radius 1 is 0.829 bits per heavy atom. The van der Waals surface area contributed by atoms with Gasteiger partial charge in [-0.1, -0.05) is 48.5 Å². The van der Waals surface area contributed by atoms with Gasteiger partial charge in [-0.25, -0.2) is 0 Å². The van der Waals surface area contributed by atoms with Crippen LogP contribution in [0.1, 0.15) is 53.1 Å². The maximum atomic E-state index is 13.1. The van der Waals surface area contributed by atoms with Gasteiger partial charge >= 0.3 is 11.9 Å². The van der Waals surface area contributed by atoms with E-state index in [4.69, 9.17) is 18.9 Å². The largest absolute Gasteiger partial charge is 0.463 e. The molecule has 11 nitrogen and oxygen atoms in total. The molecule has 4 N–H and O–H groups in total. The molecule has 8 atom stereocenters. The molecule has 0 unspecified atom stereocenters. The third-order valence-electron chi connectivity index (χ3n) is 7.02. The number of esters is 2. The zero-order valence-corrected chi connectivity index (χ0v) is 22.7. The lowest BCUT2D eigenvalue weighted by atomic mass is 9.90. The Labute approximate surface area is 236 Å². The van der Waals surface area contributed by atoms with E-state index in [1.54, 1.807) is 48.6 Å². The van der Waals surface area contributed by atoms with Crippen LogP contribution in [0.3, 0.4) is 0 Å². The smallest absolute Gasteiger partial charge is 0.303 e. The van der Waals surface area contributed by atoms with E-state index < -0.39 is 67.4 Å². The van der Waals surface area contributed by atoms with Gasteiger partial charge < -0.3 is 39.4 Å². The number of ketones is 1. The van der Waals surface area contributed by atoms with Crippen molar-refractivity contribution in [3.8, 4) is 0 Å². The molecule has 0 bridgehead atoms. The molecule has 220 valence electrons. The van der Waals surface area contributed by atoms with E-state index in [1.807, 2.05) is 12.1 Å². The van der Waals surface area contributed by atoms with Gasteiger partial charge in [0.05, 0.1) is 6.61 Å². The van der Waals surface area contributed by atoms with E-state index in [1.165, 1.54) is 13.8 Å². The van der Waals surface area contributed by atoms with Gasteiger partial charge in [0.25, 0.3) is 0 Å². The molecule has 0 spiro atoms. The van der Waals surface area contributed by atoms with Gasteiger partial charge in [-0.3, -0.25) is 14.4 Å². The van der Waals surface area contributed by atoms with Crippen LogP contribution in [0.25, 0.3) is 0 Å². The lowest BCUT2D eigenvalue weighted by molar-refractivity contribution is -0.231. The lowest BCUT2D eigenvalue weighted by Gasteiger charge is -2.40. The van der Waals surface area contributed by atoms with Crippen LogP contribution in [-0.4, -0.2) is 88.0 Å². The molecule has 11 heteroatoms. The number of aliphatic hydroxyl groups is 4. The Balaban J connectivity index is 1.43. The van der Waals surface area contributed by atoms with Gasteiger partial charge in [0.15, 0.2) is 5.78 Å². The standard InChI is InChI=1S/C30H34O11/c1-16(32)38-15-26-24(39-17(2)33)11-10-23(40-26)19-8-6-18(7-9-19)12-22(34)20-4-3-5-21(13-20)30-29(37)28(36)27(35)25(14-31)41-30/h3-11,13,23-31,35-37H,12,14-15H2,1-2H3/t23-,24-,25+,26+,27+,28-,29-,30+/m0/s1. The Bertz CT molecular complexity index is 1260. The minimum absolute atomic E-state index is 0.0805. The van der Waals surface area contributed by atoms with E-state index in [9.17, 15) is 34.8 Å². The molecule has 2 aromatic carbocycles. The summed E-state index contributed by atoms with van der Waals surface area (Å²) in [6.45, 7) is 1.94. The van der Waals surface area contributed by atoms with Gasteiger partial charge in [-0.15, -0.1) is 0 Å². The quantitative estimate of drug-likeness (QED) is 0.194. The number of carbonyl (C=O) groups excluding carboxylic acids is 3. The van der Waals surface area contributed by atoms with Crippen molar-refractivity contribution in [3.63, 3.8) is 0 Å². The predicted molar refractivity (Wildman–Crippen MR) is 143 cm³/mol. The summed E-state index contributed by atoms with van der Waals surface area (Å²) in [4.78, 5) is 35.8. The average molecular weight is 571 g/mol. The van der Waals surface area contributed by atoms with Crippen LogP contribution in [0, 0.1) is 0 Å². The summed E-state index contributed by atoms with van der Waals surface area (Å²) < 4.78 is 22.0. The van der Waals surface area contributed by atoms with E-state index in [0.29, 0.717) is 11.1 Å². The van der Waals surface area contributed by atoms with Crippen molar-refractivity contribution < 1.29 is 53.8 Å². The fraction of sp³-hybridized carbons (Fsp3) is 0.433. The first-order chi connectivity index (χ1) is 19.6. The Kier molecular flexibility index (Phi) is 10.0. The molecular formula is C30H34O11. The highest BCUT2D eigenvalue weighted by atomic mass is 16.6. The summed E-state index contributed by atoms with van der Waals surface area (Å²) in [5.74, 6) is -1.15. The molecule has 0 radical (unpaired) electrons. The Morgan fingerprint density at radius 3 is 2.22 bits per heavy atom. The van der Waals surface area contributed by atoms with Crippen LogP contribution in [0.4, 0.5) is 0 Å².